The lowest BCUT2D eigenvalue weighted by Crippen LogP contribution is -2.02. The fraction of sp³-hybridized carbons (Fsp3) is 0.136. The molecule has 0 aliphatic heterocycles. The van der Waals surface area contributed by atoms with E-state index in [4.69, 9.17) is 11.6 Å². The first-order chi connectivity index (χ1) is 12.2. The van der Waals surface area contributed by atoms with Gasteiger partial charge in [0.15, 0.2) is 5.78 Å². The Bertz CT molecular complexity index is 1090. The normalized spacial score (nSPS) is 11.3. The van der Waals surface area contributed by atoms with Crippen LogP contribution in [0.15, 0.2) is 66.9 Å². The first-order valence-electron chi connectivity index (χ1n) is 8.50. The molecule has 0 unspecified atom stereocenters. The van der Waals surface area contributed by atoms with Gasteiger partial charge in [-0.2, -0.15) is 0 Å². The van der Waals surface area contributed by atoms with Gasteiger partial charge in [0.05, 0.1) is 0 Å². The minimum Gasteiger partial charge on any atom is -0.347 e. The van der Waals surface area contributed by atoms with Crippen LogP contribution in [0.4, 0.5) is 0 Å². The first kappa shape index (κ1) is 15.9. The number of hydrogen-bond donors (Lipinski definition) is 0. The summed E-state index contributed by atoms with van der Waals surface area (Å²) in [5.74, 6) is 0.0407. The van der Waals surface area contributed by atoms with Crippen LogP contribution in [0, 0.1) is 0 Å². The molecular formula is C22H18ClNO. The Kier molecular flexibility index (Phi) is 4.06. The number of hydrogen-bond acceptors (Lipinski definition) is 1. The van der Waals surface area contributed by atoms with Crippen molar-refractivity contribution < 1.29 is 4.79 Å². The van der Waals surface area contributed by atoms with E-state index in [2.05, 4.69) is 17.6 Å². The van der Waals surface area contributed by atoms with Gasteiger partial charge in [-0.25, -0.2) is 0 Å². The van der Waals surface area contributed by atoms with Crippen LogP contribution in [0.3, 0.4) is 0 Å². The Morgan fingerprint density at radius 3 is 2.32 bits per heavy atom. The highest BCUT2D eigenvalue weighted by atomic mass is 35.5. The Labute approximate surface area is 151 Å². The minimum atomic E-state index is 0.0407. The molecule has 0 amide bonds. The maximum absolute atomic E-state index is 13.3. The topological polar surface area (TPSA) is 22.0 Å². The number of benzene rings is 3. The average Bonchev–Trinajstić information content (AvgIpc) is 3.01. The van der Waals surface area contributed by atoms with Gasteiger partial charge in [0.1, 0.15) is 0 Å². The molecule has 0 atom stereocenters. The molecule has 3 aromatic carbocycles. The second-order valence-electron chi connectivity index (χ2n) is 6.22. The van der Waals surface area contributed by atoms with E-state index >= 15 is 0 Å². The van der Waals surface area contributed by atoms with Crippen LogP contribution in [0.25, 0.3) is 21.7 Å². The second kappa shape index (κ2) is 6.38. The molecule has 0 spiro atoms. The van der Waals surface area contributed by atoms with E-state index in [0.29, 0.717) is 10.6 Å². The first-order valence-corrected chi connectivity index (χ1v) is 8.88. The van der Waals surface area contributed by atoms with Crippen molar-refractivity contribution in [1.82, 2.24) is 4.57 Å². The highest BCUT2D eigenvalue weighted by Gasteiger charge is 2.18. The smallest absolute Gasteiger partial charge is 0.195 e. The molecule has 0 bridgehead atoms. The number of ketones is 1. The van der Waals surface area contributed by atoms with E-state index in [9.17, 15) is 4.79 Å². The molecule has 124 valence electrons. The Morgan fingerprint density at radius 2 is 1.56 bits per heavy atom. The Balaban J connectivity index is 1.93. The molecule has 0 N–H and O–H groups in total. The second-order valence-corrected chi connectivity index (χ2v) is 6.63. The van der Waals surface area contributed by atoms with Crippen molar-refractivity contribution in [3.63, 3.8) is 0 Å². The van der Waals surface area contributed by atoms with Crippen LogP contribution in [-0.2, 0) is 6.54 Å². The van der Waals surface area contributed by atoms with Crippen molar-refractivity contribution in [2.24, 2.45) is 0 Å². The van der Waals surface area contributed by atoms with E-state index in [1.54, 1.807) is 0 Å². The number of halogens is 1. The fourth-order valence-electron chi connectivity index (χ4n) is 3.46. The zero-order chi connectivity index (χ0) is 17.4. The fourth-order valence-corrected chi connectivity index (χ4v) is 3.69. The molecule has 1 heterocycles. The molecular weight excluding hydrogens is 330 g/mol. The number of rotatable bonds is 4. The summed E-state index contributed by atoms with van der Waals surface area (Å²) in [4.78, 5) is 13.3. The molecule has 2 nitrogen and oxygen atoms in total. The van der Waals surface area contributed by atoms with Gasteiger partial charge >= 0.3 is 0 Å². The number of para-hydroxylation sites is 1. The van der Waals surface area contributed by atoms with Crippen LogP contribution in [0.1, 0.15) is 29.3 Å². The number of nitrogens with zero attached hydrogens (tertiary/aromatic N) is 1. The van der Waals surface area contributed by atoms with Crippen LogP contribution in [0.5, 0.6) is 0 Å². The minimum absolute atomic E-state index is 0.0407. The average molecular weight is 348 g/mol. The summed E-state index contributed by atoms with van der Waals surface area (Å²) >= 11 is 6.30. The van der Waals surface area contributed by atoms with Crippen molar-refractivity contribution in [3.05, 3.63) is 83.0 Å². The predicted octanol–water partition coefficient (Wildman–Crippen LogP) is 6.09. The van der Waals surface area contributed by atoms with Gasteiger partial charge < -0.3 is 4.57 Å². The van der Waals surface area contributed by atoms with Crippen molar-refractivity contribution in [3.8, 4) is 0 Å². The molecule has 3 heteroatoms. The summed E-state index contributed by atoms with van der Waals surface area (Å²) in [7, 11) is 0. The third-order valence-electron chi connectivity index (χ3n) is 4.61. The summed E-state index contributed by atoms with van der Waals surface area (Å²) in [6, 6.07) is 19.5. The molecule has 0 saturated carbocycles. The van der Waals surface area contributed by atoms with Gasteiger partial charge in [-0.3, -0.25) is 4.79 Å². The van der Waals surface area contributed by atoms with Gasteiger partial charge in [0, 0.05) is 45.2 Å². The van der Waals surface area contributed by atoms with E-state index in [0.717, 1.165) is 40.2 Å². The highest BCUT2D eigenvalue weighted by molar-refractivity contribution is 6.36. The van der Waals surface area contributed by atoms with Crippen LogP contribution >= 0.6 is 11.6 Å². The molecule has 4 rings (SSSR count). The lowest BCUT2D eigenvalue weighted by molar-refractivity contribution is 0.104. The summed E-state index contributed by atoms with van der Waals surface area (Å²) in [5, 5.41) is 3.47. The number of aromatic nitrogens is 1. The van der Waals surface area contributed by atoms with Crippen LogP contribution in [0.2, 0.25) is 5.02 Å². The molecule has 0 fully saturated rings. The summed E-state index contributed by atoms with van der Waals surface area (Å²) in [6.07, 6.45) is 3.01. The standard InChI is InChI=1S/C22H18ClNO/c1-2-13-24-14-19(17-9-5-6-10-21(17)24)22(25)18-11-12-20(23)16-8-4-3-7-15(16)18/h3-12,14H,2,13H2,1H3. The summed E-state index contributed by atoms with van der Waals surface area (Å²) in [5.41, 5.74) is 2.54. The van der Waals surface area contributed by atoms with Crippen LogP contribution in [-0.4, -0.2) is 10.4 Å². The summed E-state index contributed by atoms with van der Waals surface area (Å²) in [6.45, 7) is 3.04. The van der Waals surface area contributed by atoms with Crippen molar-refractivity contribution in [2.75, 3.05) is 0 Å². The number of fused-ring (bicyclic) bond motifs is 2. The number of carbonyl (C=O) groups is 1. The van der Waals surface area contributed by atoms with Gasteiger partial charge in [-0.1, -0.05) is 61.0 Å². The highest BCUT2D eigenvalue weighted by Crippen LogP contribution is 2.30. The van der Waals surface area contributed by atoms with Gasteiger partial charge in [-0.05, 0) is 30.0 Å². The van der Waals surface area contributed by atoms with Gasteiger partial charge in [-0.15, -0.1) is 0 Å². The van der Waals surface area contributed by atoms with Gasteiger partial charge in [0.25, 0.3) is 0 Å². The van der Waals surface area contributed by atoms with E-state index in [1.165, 1.54) is 0 Å². The van der Waals surface area contributed by atoms with E-state index in [1.807, 2.05) is 60.8 Å². The monoisotopic (exact) mass is 347 g/mol. The van der Waals surface area contributed by atoms with Crippen molar-refractivity contribution in [2.45, 2.75) is 19.9 Å². The molecule has 25 heavy (non-hydrogen) atoms. The predicted molar refractivity (Wildman–Crippen MR) is 105 cm³/mol. The summed E-state index contributed by atoms with van der Waals surface area (Å²) < 4.78 is 2.17. The van der Waals surface area contributed by atoms with Crippen molar-refractivity contribution in [1.29, 1.82) is 0 Å². The molecule has 0 aliphatic carbocycles. The molecule has 1 aromatic heterocycles. The van der Waals surface area contributed by atoms with Gasteiger partial charge in [0.2, 0.25) is 0 Å². The lowest BCUT2D eigenvalue weighted by Gasteiger charge is -2.07. The SMILES string of the molecule is CCCn1cc(C(=O)c2ccc(Cl)c3ccccc23)c2ccccc21. The number of carbonyl (C=O) groups excluding carboxylic acids is 1. The van der Waals surface area contributed by atoms with E-state index in [-0.39, 0.29) is 5.78 Å². The van der Waals surface area contributed by atoms with Crippen molar-refractivity contribution >= 4 is 39.1 Å². The third-order valence-corrected chi connectivity index (χ3v) is 4.94. The molecule has 0 saturated heterocycles. The van der Waals surface area contributed by atoms with Crippen LogP contribution < -0.4 is 0 Å². The third kappa shape index (κ3) is 2.63. The lowest BCUT2D eigenvalue weighted by atomic mass is 9.97. The Hall–Kier alpha value is -2.58. The maximum atomic E-state index is 13.3. The quantitative estimate of drug-likeness (QED) is 0.409. The maximum Gasteiger partial charge on any atom is 0.195 e. The number of aryl methyl sites for hydroxylation is 1. The molecule has 0 aliphatic rings. The molecule has 4 aromatic rings. The Morgan fingerprint density at radius 1 is 0.880 bits per heavy atom. The zero-order valence-electron chi connectivity index (χ0n) is 14.0. The largest absolute Gasteiger partial charge is 0.347 e. The molecule has 0 radical (unpaired) electrons. The van der Waals surface area contributed by atoms with E-state index < -0.39 is 0 Å². The zero-order valence-corrected chi connectivity index (χ0v) is 14.8.